The molecular formula is C19H20N2O7. The van der Waals surface area contributed by atoms with Crippen LogP contribution in [0.3, 0.4) is 0 Å². The van der Waals surface area contributed by atoms with Crippen LogP contribution in [0.2, 0.25) is 0 Å². The van der Waals surface area contributed by atoms with E-state index in [0.29, 0.717) is 28.4 Å². The largest absolute Gasteiger partial charge is 0.497 e. The van der Waals surface area contributed by atoms with Crippen molar-refractivity contribution in [3.8, 4) is 23.0 Å². The number of methoxy groups -OCH3 is 3. The van der Waals surface area contributed by atoms with Crippen LogP contribution in [0.25, 0.3) is 0 Å². The lowest BCUT2D eigenvalue weighted by molar-refractivity contribution is -0.139. The Morgan fingerprint density at radius 3 is 2.25 bits per heavy atom. The number of carboxylic acids is 1. The maximum absolute atomic E-state index is 12.3. The molecule has 0 aliphatic heterocycles. The number of nitrogens with zero attached hydrogens (tertiary/aromatic N) is 1. The molecule has 9 heteroatoms. The van der Waals surface area contributed by atoms with Crippen LogP contribution in [-0.4, -0.2) is 51.1 Å². The van der Waals surface area contributed by atoms with E-state index < -0.39 is 18.5 Å². The molecule has 0 aromatic heterocycles. The fourth-order valence-electron chi connectivity index (χ4n) is 2.19. The average Bonchev–Trinajstić information content (AvgIpc) is 2.71. The van der Waals surface area contributed by atoms with E-state index in [0.717, 1.165) is 0 Å². The molecule has 0 saturated carbocycles. The van der Waals surface area contributed by atoms with Gasteiger partial charge in [-0.2, -0.15) is 5.10 Å². The smallest absolute Gasteiger partial charge is 0.341 e. The van der Waals surface area contributed by atoms with Gasteiger partial charge in [-0.25, -0.2) is 10.2 Å². The summed E-state index contributed by atoms with van der Waals surface area (Å²) in [5, 5.41) is 12.6. The van der Waals surface area contributed by atoms with Crippen molar-refractivity contribution in [2.45, 2.75) is 0 Å². The van der Waals surface area contributed by atoms with Crippen molar-refractivity contribution in [1.29, 1.82) is 0 Å². The van der Waals surface area contributed by atoms with E-state index in [1.807, 2.05) is 0 Å². The number of hydrogen-bond donors (Lipinski definition) is 2. The number of benzene rings is 2. The lowest BCUT2D eigenvalue weighted by atomic mass is 10.2. The van der Waals surface area contributed by atoms with Crippen molar-refractivity contribution in [3.63, 3.8) is 0 Å². The molecule has 0 bridgehead atoms. The predicted octanol–water partition coefficient (Wildman–Crippen LogP) is 1.94. The van der Waals surface area contributed by atoms with E-state index in [1.54, 1.807) is 36.4 Å². The van der Waals surface area contributed by atoms with Crippen LogP contribution in [0.4, 0.5) is 0 Å². The average molecular weight is 388 g/mol. The van der Waals surface area contributed by atoms with Crippen LogP contribution < -0.4 is 24.4 Å². The number of carboxylic acid groups (broad SMARTS) is 1. The van der Waals surface area contributed by atoms with E-state index in [9.17, 15) is 9.59 Å². The van der Waals surface area contributed by atoms with Gasteiger partial charge < -0.3 is 24.1 Å². The molecule has 0 saturated heterocycles. The Bertz CT molecular complexity index is 858. The summed E-state index contributed by atoms with van der Waals surface area (Å²) in [7, 11) is 4.42. The zero-order valence-corrected chi connectivity index (χ0v) is 15.6. The van der Waals surface area contributed by atoms with Crippen LogP contribution in [0.1, 0.15) is 15.9 Å². The molecule has 2 rings (SSSR count). The highest BCUT2D eigenvalue weighted by Crippen LogP contribution is 2.27. The van der Waals surface area contributed by atoms with Gasteiger partial charge in [0.1, 0.15) is 11.5 Å². The number of ether oxygens (including phenoxy) is 4. The summed E-state index contributed by atoms with van der Waals surface area (Å²) in [5.41, 5.74) is 3.35. The van der Waals surface area contributed by atoms with E-state index >= 15 is 0 Å². The second-order valence-corrected chi connectivity index (χ2v) is 5.39. The number of amides is 1. The minimum absolute atomic E-state index is 0.287. The molecule has 0 spiro atoms. The summed E-state index contributed by atoms with van der Waals surface area (Å²) in [4.78, 5) is 22.9. The molecule has 0 unspecified atom stereocenters. The lowest BCUT2D eigenvalue weighted by Crippen LogP contribution is -2.17. The van der Waals surface area contributed by atoms with Gasteiger partial charge in [0.15, 0.2) is 18.1 Å². The summed E-state index contributed by atoms with van der Waals surface area (Å²) >= 11 is 0. The maximum atomic E-state index is 12.3. The Hall–Kier alpha value is -3.75. The number of carbonyl (C=O) groups excluding carboxylic acids is 1. The molecule has 1 amide bonds. The van der Waals surface area contributed by atoms with Gasteiger partial charge in [-0.15, -0.1) is 0 Å². The second kappa shape index (κ2) is 9.81. The van der Waals surface area contributed by atoms with Crippen molar-refractivity contribution in [2.75, 3.05) is 27.9 Å². The van der Waals surface area contributed by atoms with Gasteiger partial charge in [-0.3, -0.25) is 4.79 Å². The standard InChI is InChI=1S/C19H20N2O7/c1-25-14-7-13(8-15(9-14)26-2)19(24)21-20-10-12-4-5-16(17(6-12)27-3)28-11-18(22)23/h4-10H,11H2,1-3H3,(H,21,24)(H,22,23)/b20-10-. The number of hydrazone groups is 1. The fourth-order valence-corrected chi connectivity index (χ4v) is 2.19. The molecule has 0 fully saturated rings. The van der Waals surface area contributed by atoms with Gasteiger partial charge in [0.2, 0.25) is 0 Å². The van der Waals surface area contributed by atoms with Gasteiger partial charge in [-0.1, -0.05) is 0 Å². The molecular weight excluding hydrogens is 368 g/mol. The summed E-state index contributed by atoms with van der Waals surface area (Å²) in [5.74, 6) is 0.0559. The fraction of sp³-hybridized carbons (Fsp3) is 0.211. The van der Waals surface area contributed by atoms with Crippen molar-refractivity contribution >= 4 is 18.1 Å². The Morgan fingerprint density at radius 1 is 1.00 bits per heavy atom. The van der Waals surface area contributed by atoms with E-state index in [1.165, 1.54) is 27.5 Å². The first-order valence-corrected chi connectivity index (χ1v) is 8.06. The van der Waals surface area contributed by atoms with E-state index in [-0.39, 0.29) is 5.75 Å². The Labute approximate surface area is 161 Å². The Balaban J connectivity index is 2.07. The third kappa shape index (κ3) is 5.63. The zero-order chi connectivity index (χ0) is 20.5. The summed E-state index contributed by atoms with van der Waals surface area (Å²) in [6.45, 7) is -0.482. The summed E-state index contributed by atoms with van der Waals surface area (Å²) in [6, 6.07) is 9.57. The molecule has 0 heterocycles. The lowest BCUT2D eigenvalue weighted by Gasteiger charge is -2.09. The highest BCUT2D eigenvalue weighted by Gasteiger charge is 2.10. The first-order chi connectivity index (χ1) is 13.5. The molecule has 2 aromatic rings. The first kappa shape index (κ1) is 20.6. The molecule has 148 valence electrons. The predicted molar refractivity (Wildman–Crippen MR) is 101 cm³/mol. The van der Waals surface area contributed by atoms with E-state index in [2.05, 4.69) is 10.5 Å². The van der Waals surface area contributed by atoms with Crippen molar-refractivity contribution < 1.29 is 33.6 Å². The zero-order valence-electron chi connectivity index (χ0n) is 15.6. The topological polar surface area (TPSA) is 116 Å². The van der Waals surface area contributed by atoms with Crippen LogP contribution in [-0.2, 0) is 4.79 Å². The third-order valence-corrected chi connectivity index (χ3v) is 3.53. The Morgan fingerprint density at radius 2 is 1.68 bits per heavy atom. The quantitative estimate of drug-likeness (QED) is 0.498. The first-order valence-electron chi connectivity index (χ1n) is 8.06. The Kier molecular flexibility index (Phi) is 7.21. The molecule has 0 aliphatic carbocycles. The van der Waals surface area contributed by atoms with Gasteiger partial charge in [0, 0.05) is 11.6 Å². The number of nitrogens with one attached hydrogen (secondary N) is 1. The van der Waals surface area contributed by atoms with Gasteiger partial charge in [-0.05, 0) is 35.9 Å². The van der Waals surface area contributed by atoms with Crippen molar-refractivity contribution in [2.24, 2.45) is 5.10 Å². The van der Waals surface area contributed by atoms with Crippen LogP contribution in [0.15, 0.2) is 41.5 Å². The molecule has 0 radical (unpaired) electrons. The van der Waals surface area contributed by atoms with E-state index in [4.69, 9.17) is 24.1 Å². The maximum Gasteiger partial charge on any atom is 0.341 e. The second-order valence-electron chi connectivity index (χ2n) is 5.39. The number of carbonyl (C=O) groups is 2. The highest BCUT2D eigenvalue weighted by atomic mass is 16.5. The number of rotatable bonds is 9. The van der Waals surface area contributed by atoms with Crippen molar-refractivity contribution in [1.82, 2.24) is 5.43 Å². The monoisotopic (exact) mass is 388 g/mol. The number of hydrogen-bond acceptors (Lipinski definition) is 7. The minimum Gasteiger partial charge on any atom is -0.497 e. The molecule has 2 aromatic carbocycles. The van der Waals surface area contributed by atoms with Crippen LogP contribution in [0, 0.1) is 0 Å². The van der Waals surface area contributed by atoms with Gasteiger partial charge in [0.25, 0.3) is 5.91 Å². The van der Waals surface area contributed by atoms with Crippen LogP contribution in [0.5, 0.6) is 23.0 Å². The third-order valence-electron chi connectivity index (χ3n) is 3.53. The SMILES string of the molecule is COc1cc(OC)cc(C(=O)N/N=C\c2ccc(OCC(=O)O)c(OC)c2)c1. The highest BCUT2D eigenvalue weighted by molar-refractivity contribution is 5.95. The van der Waals surface area contributed by atoms with Gasteiger partial charge >= 0.3 is 5.97 Å². The molecule has 9 nitrogen and oxygen atoms in total. The van der Waals surface area contributed by atoms with Crippen LogP contribution >= 0.6 is 0 Å². The molecule has 28 heavy (non-hydrogen) atoms. The van der Waals surface area contributed by atoms with Crippen molar-refractivity contribution in [3.05, 3.63) is 47.5 Å². The molecule has 0 aliphatic rings. The van der Waals surface area contributed by atoms with Gasteiger partial charge in [0.05, 0.1) is 27.5 Å². The summed E-state index contributed by atoms with van der Waals surface area (Å²) < 4.78 is 20.6. The summed E-state index contributed by atoms with van der Waals surface area (Å²) in [6.07, 6.45) is 1.42. The minimum atomic E-state index is -1.09. The number of aliphatic carboxylic acids is 1. The molecule has 2 N–H and O–H groups in total. The molecule has 0 atom stereocenters. The normalized spacial score (nSPS) is 10.4.